The van der Waals surface area contributed by atoms with E-state index in [0.717, 1.165) is 38.5 Å². The Morgan fingerprint density at radius 3 is 2.74 bits per heavy atom. The van der Waals surface area contributed by atoms with Gasteiger partial charge in [0.05, 0.1) is 18.3 Å². The van der Waals surface area contributed by atoms with Crippen LogP contribution < -0.4 is 10.6 Å². The van der Waals surface area contributed by atoms with E-state index in [1.54, 1.807) is 19.2 Å². The molecule has 2 fully saturated rings. The van der Waals surface area contributed by atoms with E-state index in [4.69, 9.17) is 9.47 Å². The van der Waals surface area contributed by atoms with E-state index in [1.807, 2.05) is 0 Å². The van der Waals surface area contributed by atoms with Crippen LogP contribution in [0.15, 0.2) is 29.3 Å². The lowest BCUT2D eigenvalue weighted by molar-refractivity contribution is -0.0816. The smallest absolute Gasteiger partial charge is 0.254 e. The second-order valence-electron chi connectivity index (χ2n) is 6.62. The third-order valence-corrected chi connectivity index (χ3v) is 4.80. The van der Waals surface area contributed by atoms with Gasteiger partial charge in [-0.05, 0) is 25.0 Å². The van der Waals surface area contributed by atoms with Gasteiger partial charge in [-0.3, -0.25) is 9.79 Å². The Hall–Kier alpha value is -2.19. The van der Waals surface area contributed by atoms with Crippen LogP contribution >= 0.6 is 0 Å². The fourth-order valence-electron chi connectivity index (χ4n) is 3.41. The van der Waals surface area contributed by atoms with E-state index in [0.29, 0.717) is 19.7 Å². The Balaban J connectivity index is 1.43. The summed E-state index contributed by atoms with van der Waals surface area (Å²) >= 11 is 0. The highest BCUT2D eigenvalue weighted by Gasteiger charge is 2.32. The molecule has 2 heterocycles. The van der Waals surface area contributed by atoms with Gasteiger partial charge in [0, 0.05) is 39.8 Å². The van der Waals surface area contributed by atoms with Gasteiger partial charge in [-0.1, -0.05) is 12.1 Å². The van der Waals surface area contributed by atoms with Gasteiger partial charge >= 0.3 is 0 Å². The molecule has 0 aromatic heterocycles. The van der Waals surface area contributed by atoms with Crippen LogP contribution in [0.25, 0.3) is 0 Å². The van der Waals surface area contributed by atoms with E-state index < -0.39 is 11.7 Å². The zero-order valence-electron chi connectivity index (χ0n) is 15.6. The van der Waals surface area contributed by atoms with Gasteiger partial charge in [0.15, 0.2) is 5.96 Å². The first-order valence-electron chi connectivity index (χ1n) is 9.40. The standard InChI is InChI=1S/C19H27FN4O3/c1-21-19(24-10-12-27-17(13-24)16-7-4-11-26-16)23-9-8-22-18(25)14-5-2-3-6-15(14)20/h2-3,5-6,16-17H,4,7-13H2,1H3,(H,21,23)(H,22,25). The van der Waals surface area contributed by atoms with Crippen molar-refractivity contribution in [2.45, 2.75) is 25.0 Å². The largest absolute Gasteiger partial charge is 0.375 e. The fourth-order valence-corrected chi connectivity index (χ4v) is 3.41. The van der Waals surface area contributed by atoms with Crippen LogP contribution in [0.4, 0.5) is 4.39 Å². The lowest BCUT2D eigenvalue weighted by Crippen LogP contribution is -2.54. The molecule has 1 aromatic carbocycles. The number of carbonyl (C=O) groups excluding carboxylic acids is 1. The summed E-state index contributed by atoms with van der Waals surface area (Å²) in [5, 5.41) is 5.96. The molecule has 1 amide bonds. The Labute approximate surface area is 158 Å². The fraction of sp³-hybridized carbons (Fsp3) is 0.579. The molecular formula is C19H27FN4O3. The molecule has 2 saturated heterocycles. The maximum absolute atomic E-state index is 13.6. The zero-order valence-corrected chi connectivity index (χ0v) is 15.6. The molecule has 2 aliphatic heterocycles. The first-order chi connectivity index (χ1) is 13.2. The van der Waals surface area contributed by atoms with Crippen molar-refractivity contribution in [2.75, 3.05) is 46.4 Å². The number of ether oxygens (including phenoxy) is 2. The van der Waals surface area contributed by atoms with E-state index in [-0.39, 0.29) is 17.8 Å². The first-order valence-corrected chi connectivity index (χ1v) is 9.40. The van der Waals surface area contributed by atoms with Gasteiger partial charge in [-0.25, -0.2) is 4.39 Å². The van der Waals surface area contributed by atoms with E-state index in [1.165, 1.54) is 12.1 Å². The average molecular weight is 378 g/mol. The molecule has 8 heteroatoms. The van der Waals surface area contributed by atoms with Gasteiger partial charge in [0.2, 0.25) is 0 Å². The van der Waals surface area contributed by atoms with Gasteiger partial charge in [0.1, 0.15) is 11.9 Å². The van der Waals surface area contributed by atoms with Crippen molar-refractivity contribution in [2.24, 2.45) is 4.99 Å². The van der Waals surface area contributed by atoms with Gasteiger partial charge < -0.3 is 25.0 Å². The van der Waals surface area contributed by atoms with Gasteiger partial charge in [-0.2, -0.15) is 0 Å². The predicted octanol–water partition coefficient (Wildman–Crippen LogP) is 1.01. The SMILES string of the molecule is CN=C(NCCNC(=O)c1ccccc1F)N1CCOC(C2CCCO2)C1. The van der Waals surface area contributed by atoms with Crippen LogP contribution in [0.1, 0.15) is 23.2 Å². The van der Waals surface area contributed by atoms with Crippen LogP contribution in [-0.4, -0.2) is 75.4 Å². The van der Waals surface area contributed by atoms with Crippen molar-refractivity contribution in [3.05, 3.63) is 35.6 Å². The summed E-state index contributed by atoms with van der Waals surface area (Å²) in [6.07, 6.45) is 2.33. The first kappa shape index (κ1) is 19.6. The number of amides is 1. The minimum absolute atomic E-state index is 0.0504. The number of guanidine groups is 1. The Morgan fingerprint density at radius 1 is 1.22 bits per heavy atom. The molecule has 0 radical (unpaired) electrons. The number of carbonyl (C=O) groups is 1. The van der Waals surface area contributed by atoms with Crippen molar-refractivity contribution < 1.29 is 18.7 Å². The molecule has 148 valence electrons. The number of benzene rings is 1. The number of nitrogens with one attached hydrogen (secondary N) is 2. The summed E-state index contributed by atoms with van der Waals surface area (Å²) in [6.45, 7) is 3.78. The van der Waals surface area contributed by atoms with Crippen LogP contribution in [0.2, 0.25) is 0 Å². The number of hydrogen-bond donors (Lipinski definition) is 2. The minimum Gasteiger partial charge on any atom is -0.375 e. The Kier molecular flexibility index (Phi) is 7.00. The number of hydrogen-bond acceptors (Lipinski definition) is 4. The molecule has 2 N–H and O–H groups in total. The van der Waals surface area contributed by atoms with Crippen LogP contribution in [0.3, 0.4) is 0 Å². The lowest BCUT2D eigenvalue weighted by Gasteiger charge is -2.37. The maximum atomic E-state index is 13.6. The summed E-state index contributed by atoms with van der Waals surface area (Å²) in [6, 6.07) is 5.94. The van der Waals surface area contributed by atoms with Crippen molar-refractivity contribution in [1.82, 2.24) is 15.5 Å². The molecule has 0 saturated carbocycles. The molecular weight excluding hydrogens is 351 g/mol. The molecule has 2 unspecified atom stereocenters. The van der Waals surface area contributed by atoms with E-state index in [9.17, 15) is 9.18 Å². The van der Waals surface area contributed by atoms with Gasteiger partial charge in [-0.15, -0.1) is 0 Å². The summed E-state index contributed by atoms with van der Waals surface area (Å²) in [5.74, 6) is -0.177. The van der Waals surface area contributed by atoms with Crippen molar-refractivity contribution in [3.63, 3.8) is 0 Å². The predicted molar refractivity (Wildman–Crippen MR) is 100 cm³/mol. The minimum atomic E-state index is -0.521. The third-order valence-electron chi connectivity index (χ3n) is 4.80. The number of aliphatic imine (C=N–C) groups is 1. The molecule has 0 bridgehead atoms. The van der Waals surface area contributed by atoms with Gasteiger partial charge in [0.25, 0.3) is 5.91 Å². The zero-order chi connectivity index (χ0) is 19.1. The van der Waals surface area contributed by atoms with E-state index in [2.05, 4.69) is 20.5 Å². The molecule has 7 nitrogen and oxygen atoms in total. The van der Waals surface area contributed by atoms with E-state index >= 15 is 0 Å². The second-order valence-corrected chi connectivity index (χ2v) is 6.62. The molecule has 27 heavy (non-hydrogen) atoms. The average Bonchev–Trinajstić information content (AvgIpc) is 3.23. The highest BCUT2D eigenvalue weighted by atomic mass is 19.1. The number of halogens is 1. The quantitative estimate of drug-likeness (QED) is 0.454. The molecule has 0 aliphatic carbocycles. The summed E-state index contributed by atoms with van der Waals surface area (Å²) < 4.78 is 25.2. The summed E-state index contributed by atoms with van der Waals surface area (Å²) in [7, 11) is 1.73. The van der Waals surface area contributed by atoms with Crippen LogP contribution in [0, 0.1) is 5.82 Å². The Bertz CT molecular complexity index is 664. The van der Waals surface area contributed by atoms with Crippen LogP contribution in [-0.2, 0) is 9.47 Å². The molecule has 1 aromatic rings. The number of nitrogens with zero attached hydrogens (tertiary/aromatic N) is 2. The summed E-state index contributed by atoms with van der Waals surface area (Å²) in [4.78, 5) is 18.5. The normalized spacial score (nSPS) is 23.3. The van der Waals surface area contributed by atoms with Crippen LogP contribution in [0.5, 0.6) is 0 Å². The maximum Gasteiger partial charge on any atom is 0.254 e. The lowest BCUT2D eigenvalue weighted by atomic mass is 10.1. The summed E-state index contributed by atoms with van der Waals surface area (Å²) in [5.41, 5.74) is 0.0504. The third kappa shape index (κ3) is 5.17. The molecule has 3 rings (SSSR count). The van der Waals surface area contributed by atoms with Crippen molar-refractivity contribution in [3.8, 4) is 0 Å². The van der Waals surface area contributed by atoms with Crippen molar-refractivity contribution in [1.29, 1.82) is 0 Å². The van der Waals surface area contributed by atoms with Crippen molar-refractivity contribution >= 4 is 11.9 Å². The number of morpholine rings is 1. The topological polar surface area (TPSA) is 75.2 Å². The second kappa shape index (κ2) is 9.66. The molecule has 2 aliphatic rings. The molecule has 0 spiro atoms. The molecule has 2 atom stereocenters. The highest BCUT2D eigenvalue weighted by molar-refractivity contribution is 5.94. The monoisotopic (exact) mass is 378 g/mol. The number of rotatable bonds is 5. The Morgan fingerprint density at radius 2 is 2.00 bits per heavy atom. The highest BCUT2D eigenvalue weighted by Crippen LogP contribution is 2.20.